The summed E-state index contributed by atoms with van der Waals surface area (Å²) in [6, 6.07) is 9.50. The van der Waals surface area contributed by atoms with Gasteiger partial charge in [-0.05, 0) is 37.6 Å². The van der Waals surface area contributed by atoms with Gasteiger partial charge in [-0.25, -0.2) is 4.79 Å². The third kappa shape index (κ3) is 4.80. The molecule has 1 fully saturated rings. The Morgan fingerprint density at radius 1 is 1.36 bits per heavy atom. The zero-order valence-electron chi connectivity index (χ0n) is 14.2. The molecular weight excluding hydrogens is 318 g/mol. The van der Waals surface area contributed by atoms with Gasteiger partial charge in [-0.2, -0.15) is 5.10 Å². The standard InChI is InChI=1S/C18H25N5O2/c24-13-16-6-1-2-10-23(16)11-9-19-18(25)21-15-5-3-4-14(12-15)17-7-8-20-22-17/h3-5,7-8,12,16,24H,1-2,6,9-11,13H2,(H,20,22)(H2,19,21,25). The van der Waals surface area contributed by atoms with Crippen LogP contribution in [0.4, 0.5) is 10.5 Å². The first kappa shape index (κ1) is 17.4. The Morgan fingerprint density at radius 2 is 2.28 bits per heavy atom. The van der Waals surface area contributed by atoms with E-state index in [1.807, 2.05) is 30.3 Å². The molecule has 0 spiro atoms. The second-order valence-corrected chi connectivity index (χ2v) is 6.30. The highest BCUT2D eigenvalue weighted by Crippen LogP contribution is 2.20. The summed E-state index contributed by atoms with van der Waals surface area (Å²) >= 11 is 0. The number of hydrogen-bond acceptors (Lipinski definition) is 4. The van der Waals surface area contributed by atoms with E-state index >= 15 is 0 Å². The Bertz CT molecular complexity index is 674. The summed E-state index contributed by atoms with van der Waals surface area (Å²) in [5, 5.41) is 22.0. The summed E-state index contributed by atoms with van der Waals surface area (Å²) in [6.45, 7) is 2.49. The number of nitrogens with zero attached hydrogens (tertiary/aromatic N) is 2. The zero-order chi connectivity index (χ0) is 17.5. The Morgan fingerprint density at radius 3 is 3.08 bits per heavy atom. The van der Waals surface area contributed by atoms with Gasteiger partial charge in [-0.3, -0.25) is 10.00 Å². The predicted octanol–water partition coefficient (Wildman–Crippen LogP) is 2.04. The van der Waals surface area contributed by atoms with Gasteiger partial charge in [0, 0.05) is 36.6 Å². The summed E-state index contributed by atoms with van der Waals surface area (Å²) < 4.78 is 0. The molecule has 25 heavy (non-hydrogen) atoms. The number of carbonyl (C=O) groups is 1. The molecule has 134 valence electrons. The smallest absolute Gasteiger partial charge is 0.319 e. The van der Waals surface area contributed by atoms with Gasteiger partial charge >= 0.3 is 6.03 Å². The summed E-state index contributed by atoms with van der Waals surface area (Å²) in [6.07, 6.45) is 5.05. The molecule has 0 aliphatic carbocycles. The lowest BCUT2D eigenvalue weighted by Gasteiger charge is -2.34. The fraction of sp³-hybridized carbons (Fsp3) is 0.444. The van der Waals surface area contributed by atoms with Crippen molar-refractivity contribution in [3.05, 3.63) is 36.5 Å². The van der Waals surface area contributed by atoms with Gasteiger partial charge in [0.1, 0.15) is 0 Å². The highest BCUT2D eigenvalue weighted by Gasteiger charge is 2.20. The Labute approximate surface area is 147 Å². The van der Waals surface area contributed by atoms with Gasteiger partial charge in [0.25, 0.3) is 0 Å². The molecule has 4 N–H and O–H groups in total. The third-order valence-corrected chi connectivity index (χ3v) is 4.58. The summed E-state index contributed by atoms with van der Waals surface area (Å²) in [5.74, 6) is 0. The molecule has 2 amide bonds. The molecule has 1 aromatic carbocycles. The monoisotopic (exact) mass is 343 g/mol. The predicted molar refractivity (Wildman–Crippen MR) is 97.3 cm³/mol. The largest absolute Gasteiger partial charge is 0.395 e. The zero-order valence-corrected chi connectivity index (χ0v) is 14.2. The van der Waals surface area contributed by atoms with Gasteiger partial charge < -0.3 is 15.7 Å². The minimum absolute atomic E-state index is 0.187. The van der Waals surface area contributed by atoms with Crippen LogP contribution in [0.2, 0.25) is 0 Å². The fourth-order valence-electron chi connectivity index (χ4n) is 3.23. The van der Waals surface area contributed by atoms with E-state index in [-0.39, 0.29) is 18.7 Å². The van der Waals surface area contributed by atoms with Crippen molar-refractivity contribution in [3.63, 3.8) is 0 Å². The van der Waals surface area contributed by atoms with E-state index in [1.165, 1.54) is 6.42 Å². The highest BCUT2D eigenvalue weighted by molar-refractivity contribution is 5.90. The fourth-order valence-corrected chi connectivity index (χ4v) is 3.23. The molecule has 1 saturated heterocycles. The first-order valence-electron chi connectivity index (χ1n) is 8.76. The van der Waals surface area contributed by atoms with E-state index in [2.05, 4.69) is 25.7 Å². The molecule has 7 nitrogen and oxygen atoms in total. The second kappa shape index (κ2) is 8.64. The molecule has 3 rings (SSSR count). The van der Waals surface area contributed by atoms with Crippen LogP contribution in [0, 0.1) is 0 Å². The Kier molecular flexibility index (Phi) is 6.03. The number of benzene rings is 1. The van der Waals surface area contributed by atoms with E-state index in [0.29, 0.717) is 6.54 Å². The number of rotatable bonds is 6. The average molecular weight is 343 g/mol. The topological polar surface area (TPSA) is 93.3 Å². The third-order valence-electron chi connectivity index (χ3n) is 4.58. The van der Waals surface area contributed by atoms with E-state index in [1.54, 1.807) is 6.20 Å². The SMILES string of the molecule is O=C(NCCN1CCCCC1CO)Nc1cccc(-c2ccn[nH]2)c1. The molecule has 7 heteroatoms. The van der Waals surface area contributed by atoms with Crippen LogP contribution in [0.5, 0.6) is 0 Å². The molecule has 0 bridgehead atoms. The van der Waals surface area contributed by atoms with Crippen LogP contribution >= 0.6 is 0 Å². The van der Waals surface area contributed by atoms with Crippen molar-refractivity contribution in [2.45, 2.75) is 25.3 Å². The first-order chi connectivity index (χ1) is 12.3. The number of piperidine rings is 1. The van der Waals surface area contributed by atoms with E-state index < -0.39 is 0 Å². The molecule has 2 heterocycles. The van der Waals surface area contributed by atoms with Crippen LogP contribution in [-0.4, -0.2) is 58.5 Å². The number of aliphatic hydroxyl groups is 1. The maximum atomic E-state index is 12.1. The lowest BCUT2D eigenvalue weighted by molar-refractivity contribution is 0.0917. The van der Waals surface area contributed by atoms with Gasteiger partial charge in [0.2, 0.25) is 0 Å². The van der Waals surface area contributed by atoms with Crippen molar-refractivity contribution < 1.29 is 9.90 Å². The molecule has 1 atom stereocenters. The Balaban J connectivity index is 1.47. The molecule has 2 aromatic rings. The van der Waals surface area contributed by atoms with Crippen LogP contribution in [0.25, 0.3) is 11.3 Å². The maximum absolute atomic E-state index is 12.1. The highest BCUT2D eigenvalue weighted by atomic mass is 16.3. The lowest BCUT2D eigenvalue weighted by atomic mass is 10.0. The molecule has 1 aliphatic rings. The van der Waals surface area contributed by atoms with Gasteiger partial charge in [0.05, 0.1) is 12.3 Å². The van der Waals surface area contributed by atoms with Crippen molar-refractivity contribution in [3.8, 4) is 11.3 Å². The van der Waals surface area contributed by atoms with Crippen molar-refractivity contribution in [2.24, 2.45) is 0 Å². The van der Waals surface area contributed by atoms with Crippen molar-refractivity contribution in [1.82, 2.24) is 20.4 Å². The normalized spacial score (nSPS) is 18.0. The number of likely N-dealkylation sites (tertiary alicyclic amines) is 1. The van der Waals surface area contributed by atoms with Crippen LogP contribution in [-0.2, 0) is 0 Å². The Hall–Kier alpha value is -2.38. The number of nitrogens with one attached hydrogen (secondary N) is 3. The number of aromatic nitrogens is 2. The van der Waals surface area contributed by atoms with Crippen molar-refractivity contribution in [1.29, 1.82) is 0 Å². The molecule has 0 radical (unpaired) electrons. The maximum Gasteiger partial charge on any atom is 0.319 e. The number of carbonyl (C=O) groups excluding carboxylic acids is 1. The number of aromatic amines is 1. The van der Waals surface area contributed by atoms with E-state index in [4.69, 9.17) is 0 Å². The molecule has 0 saturated carbocycles. The summed E-state index contributed by atoms with van der Waals surface area (Å²) in [4.78, 5) is 14.3. The van der Waals surface area contributed by atoms with Gasteiger partial charge in [0.15, 0.2) is 0 Å². The quantitative estimate of drug-likeness (QED) is 0.646. The van der Waals surface area contributed by atoms with Crippen LogP contribution < -0.4 is 10.6 Å². The summed E-state index contributed by atoms with van der Waals surface area (Å²) in [7, 11) is 0. The second-order valence-electron chi connectivity index (χ2n) is 6.30. The van der Waals surface area contributed by atoms with Gasteiger partial charge in [-0.15, -0.1) is 0 Å². The van der Waals surface area contributed by atoms with E-state index in [0.717, 1.165) is 42.9 Å². The van der Waals surface area contributed by atoms with Crippen LogP contribution in [0.1, 0.15) is 19.3 Å². The molecular formula is C18H25N5O2. The minimum atomic E-state index is -0.223. The van der Waals surface area contributed by atoms with E-state index in [9.17, 15) is 9.90 Å². The first-order valence-corrected chi connectivity index (χ1v) is 8.76. The molecule has 1 aliphatic heterocycles. The van der Waals surface area contributed by atoms with Crippen LogP contribution in [0.15, 0.2) is 36.5 Å². The summed E-state index contributed by atoms with van der Waals surface area (Å²) in [5.41, 5.74) is 2.61. The lowest BCUT2D eigenvalue weighted by Crippen LogP contribution is -2.46. The number of amides is 2. The van der Waals surface area contributed by atoms with Crippen molar-refractivity contribution in [2.75, 3.05) is 31.6 Å². The average Bonchev–Trinajstić information content (AvgIpc) is 3.17. The molecule has 1 aromatic heterocycles. The van der Waals surface area contributed by atoms with Gasteiger partial charge in [-0.1, -0.05) is 18.6 Å². The minimum Gasteiger partial charge on any atom is -0.395 e. The number of H-pyrrole nitrogens is 1. The number of anilines is 1. The number of urea groups is 1. The number of hydrogen-bond donors (Lipinski definition) is 4. The van der Waals surface area contributed by atoms with Crippen molar-refractivity contribution >= 4 is 11.7 Å². The number of aliphatic hydroxyl groups excluding tert-OH is 1. The molecule has 1 unspecified atom stereocenters. The van der Waals surface area contributed by atoms with Crippen LogP contribution in [0.3, 0.4) is 0 Å².